The Morgan fingerprint density at radius 1 is 1.35 bits per heavy atom. The fourth-order valence-corrected chi connectivity index (χ4v) is 2.14. The number of benzene rings is 1. The number of methoxy groups -OCH3 is 1. The van der Waals surface area contributed by atoms with Crippen LogP contribution in [0.2, 0.25) is 0 Å². The molecule has 0 amide bonds. The fraction of sp³-hybridized carbons (Fsp3) is 0.267. The molecule has 1 unspecified atom stereocenters. The van der Waals surface area contributed by atoms with Crippen molar-refractivity contribution in [2.24, 2.45) is 0 Å². The van der Waals surface area contributed by atoms with Gasteiger partial charge in [0.15, 0.2) is 0 Å². The molecule has 20 heavy (non-hydrogen) atoms. The number of ether oxygens (including phenoxy) is 1. The second-order valence-corrected chi connectivity index (χ2v) is 4.52. The molecule has 0 saturated carbocycles. The summed E-state index contributed by atoms with van der Waals surface area (Å²) in [6, 6.07) is 8.42. The third-order valence-corrected chi connectivity index (χ3v) is 3.22. The van der Waals surface area contributed by atoms with Crippen LogP contribution in [0.15, 0.2) is 36.5 Å². The maximum Gasteiger partial charge on any atom is 0.131 e. The van der Waals surface area contributed by atoms with Crippen molar-refractivity contribution in [3.63, 3.8) is 0 Å². The molecule has 2 rings (SSSR count). The van der Waals surface area contributed by atoms with E-state index >= 15 is 0 Å². The lowest BCUT2D eigenvalue weighted by atomic mass is 9.99. The van der Waals surface area contributed by atoms with Gasteiger partial charge in [0.2, 0.25) is 0 Å². The topological polar surface area (TPSA) is 60.2 Å². The largest absolute Gasteiger partial charge is 0.497 e. The third-order valence-electron chi connectivity index (χ3n) is 3.22. The van der Waals surface area contributed by atoms with Crippen LogP contribution in [-0.4, -0.2) is 19.1 Å². The van der Waals surface area contributed by atoms with Crippen molar-refractivity contribution in [2.75, 3.05) is 19.9 Å². The highest BCUT2D eigenvalue weighted by Crippen LogP contribution is 2.24. The van der Waals surface area contributed by atoms with E-state index in [0.717, 1.165) is 5.56 Å². The summed E-state index contributed by atoms with van der Waals surface area (Å²) in [5.41, 5.74) is 7.27. The highest BCUT2D eigenvalue weighted by Gasteiger charge is 2.15. The molecular formula is C15H18FN3O. The number of hydrogen-bond acceptors (Lipinski definition) is 4. The molecule has 1 atom stereocenters. The summed E-state index contributed by atoms with van der Waals surface area (Å²) in [7, 11) is 3.32. The van der Waals surface area contributed by atoms with Crippen LogP contribution in [0.3, 0.4) is 0 Å². The number of aromatic nitrogens is 1. The summed E-state index contributed by atoms with van der Waals surface area (Å²) in [6.07, 6.45) is 2.29. The van der Waals surface area contributed by atoms with Crippen LogP contribution in [0.25, 0.3) is 0 Å². The van der Waals surface area contributed by atoms with E-state index in [1.807, 2.05) is 6.07 Å². The Morgan fingerprint density at radius 2 is 2.15 bits per heavy atom. The molecular weight excluding hydrogens is 257 g/mol. The fourth-order valence-electron chi connectivity index (χ4n) is 2.14. The second-order valence-electron chi connectivity index (χ2n) is 4.52. The minimum absolute atomic E-state index is 0.136. The third kappa shape index (κ3) is 3.24. The van der Waals surface area contributed by atoms with Gasteiger partial charge in [0.1, 0.15) is 17.4 Å². The average molecular weight is 275 g/mol. The van der Waals surface area contributed by atoms with Gasteiger partial charge in [-0.1, -0.05) is 6.07 Å². The summed E-state index contributed by atoms with van der Waals surface area (Å²) < 4.78 is 19.1. The van der Waals surface area contributed by atoms with Crippen molar-refractivity contribution in [3.8, 4) is 5.75 Å². The first-order valence-electron chi connectivity index (χ1n) is 6.35. The number of nitrogens with zero attached hydrogens (tertiary/aromatic N) is 1. The van der Waals surface area contributed by atoms with Gasteiger partial charge in [-0.25, -0.2) is 9.37 Å². The molecule has 0 spiro atoms. The summed E-state index contributed by atoms with van der Waals surface area (Å²) in [5.74, 6) is 0.688. The maximum absolute atomic E-state index is 14.1. The van der Waals surface area contributed by atoms with Crippen molar-refractivity contribution in [1.29, 1.82) is 0 Å². The first kappa shape index (κ1) is 14.3. The predicted molar refractivity (Wildman–Crippen MR) is 77.1 cm³/mol. The first-order valence-corrected chi connectivity index (χ1v) is 6.35. The van der Waals surface area contributed by atoms with E-state index in [1.54, 1.807) is 31.4 Å². The number of nitrogens with two attached hydrogens (primary N) is 1. The van der Waals surface area contributed by atoms with E-state index in [1.165, 1.54) is 13.2 Å². The summed E-state index contributed by atoms with van der Waals surface area (Å²) in [6.45, 7) is 0. The Bertz CT molecular complexity index is 589. The second kappa shape index (κ2) is 6.34. The number of nitrogen functional groups attached to an aromatic ring is 1. The Hall–Kier alpha value is -2.14. The monoisotopic (exact) mass is 275 g/mol. The normalized spacial score (nSPS) is 12.2. The summed E-state index contributed by atoms with van der Waals surface area (Å²) in [4.78, 5) is 3.95. The molecule has 0 aliphatic rings. The smallest absolute Gasteiger partial charge is 0.131 e. The number of anilines is 1. The van der Waals surface area contributed by atoms with Crippen molar-refractivity contribution in [1.82, 2.24) is 10.3 Å². The predicted octanol–water partition coefficient (Wildman–Crippen LogP) is 2.31. The van der Waals surface area contributed by atoms with Gasteiger partial charge >= 0.3 is 0 Å². The minimum Gasteiger partial charge on any atom is -0.497 e. The van der Waals surface area contributed by atoms with Gasteiger partial charge in [-0.15, -0.1) is 0 Å². The van der Waals surface area contributed by atoms with Crippen LogP contribution in [-0.2, 0) is 6.42 Å². The van der Waals surface area contributed by atoms with E-state index < -0.39 is 0 Å². The van der Waals surface area contributed by atoms with Crippen molar-refractivity contribution >= 4 is 5.82 Å². The number of hydrogen-bond donors (Lipinski definition) is 2. The molecule has 0 aliphatic carbocycles. The number of likely N-dealkylation sites (N-methyl/N-ethyl adjacent to an activating group) is 1. The molecule has 0 bridgehead atoms. The lowest BCUT2D eigenvalue weighted by molar-refractivity contribution is 0.409. The molecule has 3 N–H and O–H groups in total. The van der Waals surface area contributed by atoms with Crippen LogP contribution < -0.4 is 15.8 Å². The van der Waals surface area contributed by atoms with Gasteiger partial charge < -0.3 is 15.8 Å². The lowest BCUT2D eigenvalue weighted by Gasteiger charge is -2.18. The molecule has 1 aromatic heterocycles. The van der Waals surface area contributed by atoms with E-state index in [9.17, 15) is 4.39 Å². The SMILES string of the molecule is CNC(Cc1ccnc(N)c1)c1ccc(OC)cc1F. The Balaban J connectivity index is 2.24. The molecule has 0 saturated heterocycles. The molecule has 4 nitrogen and oxygen atoms in total. The molecule has 0 fully saturated rings. The zero-order chi connectivity index (χ0) is 14.5. The highest BCUT2D eigenvalue weighted by atomic mass is 19.1. The summed E-state index contributed by atoms with van der Waals surface area (Å²) in [5, 5.41) is 3.12. The molecule has 0 aliphatic heterocycles. The molecule has 1 aromatic carbocycles. The van der Waals surface area contributed by atoms with Crippen LogP contribution >= 0.6 is 0 Å². The van der Waals surface area contributed by atoms with Gasteiger partial charge in [0.25, 0.3) is 0 Å². The van der Waals surface area contributed by atoms with Gasteiger partial charge in [0, 0.05) is 23.9 Å². The first-order chi connectivity index (χ1) is 9.63. The van der Waals surface area contributed by atoms with Gasteiger partial charge in [-0.3, -0.25) is 0 Å². The Labute approximate surface area is 117 Å². The molecule has 2 aromatic rings. The molecule has 106 valence electrons. The number of pyridine rings is 1. The van der Waals surface area contributed by atoms with Gasteiger partial charge in [-0.2, -0.15) is 0 Å². The number of rotatable bonds is 5. The Kier molecular flexibility index (Phi) is 4.53. The van der Waals surface area contributed by atoms with Crippen molar-refractivity contribution in [2.45, 2.75) is 12.5 Å². The van der Waals surface area contributed by atoms with Crippen LogP contribution in [0.1, 0.15) is 17.2 Å². The zero-order valence-electron chi connectivity index (χ0n) is 11.6. The highest BCUT2D eigenvalue weighted by molar-refractivity contribution is 5.35. The van der Waals surface area contributed by atoms with Crippen molar-refractivity contribution < 1.29 is 9.13 Å². The van der Waals surface area contributed by atoms with E-state index in [0.29, 0.717) is 23.6 Å². The van der Waals surface area contributed by atoms with Gasteiger partial charge in [0.05, 0.1) is 7.11 Å². The number of nitrogens with one attached hydrogen (secondary N) is 1. The van der Waals surface area contributed by atoms with Crippen LogP contribution in [0.4, 0.5) is 10.2 Å². The molecule has 1 heterocycles. The van der Waals surface area contributed by atoms with Gasteiger partial charge in [-0.05, 0) is 37.2 Å². The van der Waals surface area contributed by atoms with Crippen LogP contribution in [0, 0.1) is 5.82 Å². The summed E-state index contributed by atoms with van der Waals surface area (Å²) >= 11 is 0. The van der Waals surface area contributed by atoms with E-state index in [-0.39, 0.29) is 11.9 Å². The number of halogens is 1. The minimum atomic E-state index is -0.286. The average Bonchev–Trinajstić information content (AvgIpc) is 2.45. The lowest BCUT2D eigenvalue weighted by Crippen LogP contribution is -2.20. The molecule has 0 radical (unpaired) electrons. The maximum atomic E-state index is 14.1. The van der Waals surface area contributed by atoms with Crippen LogP contribution in [0.5, 0.6) is 5.75 Å². The van der Waals surface area contributed by atoms with E-state index in [2.05, 4.69) is 10.3 Å². The zero-order valence-corrected chi connectivity index (χ0v) is 11.6. The van der Waals surface area contributed by atoms with Crippen molar-refractivity contribution in [3.05, 3.63) is 53.5 Å². The Morgan fingerprint density at radius 3 is 2.75 bits per heavy atom. The quantitative estimate of drug-likeness (QED) is 0.879. The molecule has 5 heteroatoms. The van der Waals surface area contributed by atoms with E-state index in [4.69, 9.17) is 10.5 Å². The standard InChI is InChI=1S/C15H18FN3O/c1-18-14(7-10-5-6-19-15(17)8-10)12-4-3-11(20-2)9-13(12)16/h3-6,8-9,14,18H,7H2,1-2H3,(H2,17,19).